The Morgan fingerprint density at radius 2 is 1.83 bits per heavy atom. The van der Waals surface area contributed by atoms with Gasteiger partial charge < -0.3 is 10.6 Å². The van der Waals surface area contributed by atoms with Crippen LogP contribution in [0.1, 0.15) is 39.0 Å². The van der Waals surface area contributed by atoms with E-state index in [1.807, 2.05) is 12.1 Å². The summed E-state index contributed by atoms with van der Waals surface area (Å²) in [6.45, 7) is 2.73. The van der Waals surface area contributed by atoms with Crippen LogP contribution in [0.4, 0.5) is 0 Å². The number of carbonyl (C=O) groups is 1. The Morgan fingerprint density at radius 3 is 2.28 bits per heavy atom. The zero-order chi connectivity index (χ0) is 13.8. The number of rotatable bonds is 9. The van der Waals surface area contributed by atoms with E-state index in [-0.39, 0.29) is 19.0 Å². The highest BCUT2D eigenvalue weighted by Crippen LogP contribution is 2.17. The summed E-state index contributed by atoms with van der Waals surface area (Å²) in [7, 11) is 0. The molecule has 0 aliphatic rings. The number of nitriles is 2. The molecule has 1 atom stereocenters. The van der Waals surface area contributed by atoms with Crippen LogP contribution in [0.5, 0.6) is 0 Å². The van der Waals surface area contributed by atoms with Crippen molar-refractivity contribution in [1.82, 2.24) is 4.90 Å². The van der Waals surface area contributed by atoms with Gasteiger partial charge in [-0.25, -0.2) is 0 Å². The highest BCUT2D eigenvalue weighted by molar-refractivity contribution is 5.76. The molecule has 100 valence electrons. The van der Waals surface area contributed by atoms with Gasteiger partial charge in [0, 0.05) is 6.42 Å². The van der Waals surface area contributed by atoms with E-state index in [4.69, 9.17) is 16.3 Å². The summed E-state index contributed by atoms with van der Waals surface area (Å²) in [4.78, 5) is 13.1. The van der Waals surface area contributed by atoms with E-state index >= 15 is 0 Å². The van der Waals surface area contributed by atoms with Crippen LogP contribution in [0.3, 0.4) is 0 Å². The van der Waals surface area contributed by atoms with Crippen LogP contribution < -0.4 is 5.73 Å². The molecule has 1 unspecified atom stereocenters. The minimum absolute atomic E-state index is 0.0122. The molecule has 5 nitrogen and oxygen atoms in total. The van der Waals surface area contributed by atoms with Gasteiger partial charge in [-0.1, -0.05) is 19.8 Å². The van der Waals surface area contributed by atoms with Crippen molar-refractivity contribution in [3.05, 3.63) is 0 Å². The molecule has 0 radical (unpaired) electrons. The summed E-state index contributed by atoms with van der Waals surface area (Å²) >= 11 is 0. The fraction of sp³-hybridized carbons (Fsp3) is 0.769. The quantitative estimate of drug-likeness (QED) is 0.626. The van der Waals surface area contributed by atoms with E-state index in [2.05, 4.69) is 6.92 Å². The SMILES string of the molecule is CCCC(CCN)CCC(=O)N(CC#N)CC#N. The molecule has 0 aliphatic carbocycles. The molecule has 0 saturated carbocycles. The van der Waals surface area contributed by atoms with Gasteiger partial charge in [-0.2, -0.15) is 10.5 Å². The number of nitrogens with zero attached hydrogens (tertiary/aromatic N) is 3. The molecule has 0 aliphatic heterocycles. The van der Waals surface area contributed by atoms with E-state index in [1.165, 1.54) is 4.90 Å². The summed E-state index contributed by atoms with van der Waals surface area (Å²) in [5.41, 5.74) is 5.54. The Labute approximate surface area is 109 Å². The molecule has 0 saturated heterocycles. The van der Waals surface area contributed by atoms with Crippen LogP contribution in [0.25, 0.3) is 0 Å². The lowest BCUT2D eigenvalue weighted by Gasteiger charge is -2.19. The zero-order valence-electron chi connectivity index (χ0n) is 11.1. The van der Waals surface area contributed by atoms with Crippen molar-refractivity contribution in [2.75, 3.05) is 19.6 Å². The first-order chi connectivity index (χ1) is 8.69. The van der Waals surface area contributed by atoms with Gasteiger partial charge in [-0.05, 0) is 25.3 Å². The van der Waals surface area contributed by atoms with Gasteiger partial charge in [0.25, 0.3) is 0 Å². The third-order valence-electron chi connectivity index (χ3n) is 2.91. The van der Waals surface area contributed by atoms with Crippen LogP contribution in [-0.4, -0.2) is 30.4 Å². The minimum atomic E-state index is -0.115. The molecular weight excluding hydrogens is 228 g/mol. The first-order valence-electron chi connectivity index (χ1n) is 6.41. The normalized spacial score (nSPS) is 11.3. The lowest BCUT2D eigenvalue weighted by atomic mass is 9.94. The smallest absolute Gasteiger partial charge is 0.224 e. The van der Waals surface area contributed by atoms with Crippen molar-refractivity contribution < 1.29 is 4.79 Å². The first kappa shape index (κ1) is 16.4. The molecule has 0 aromatic heterocycles. The Hall–Kier alpha value is -1.59. The number of carbonyl (C=O) groups excluding carboxylic acids is 1. The van der Waals surface area contributed by atoms with Gasteiger partial charge >= 0.3 is 0 Å². The van der Waals surface area contributed by atoms with E-state index < -0.39 is 0 Å². The maximum absolute atomic E-state index is 11.8. The van der Waals surface area contributed by atoms with Crippen LogP contribution in [0, 0.1) is 28.6 Å². The average molecular weight is 250 g/mol. The lowest BCUT2D eigenvalue weighted by molar-refractivity contribution is -0.130. The van der Waals surface area contributed by atoms with Crippen molar-refractivity contribution in [2.45, 2.75) is 39.0 Å². The third kappa shape index (κ3) is 6.88. The van der Waals surface area contributed by atoms with Gasteiger partial charge in [0.15, 0.2) is 0 Å². The number of hydrogen-bond donors (Lipinski definition) is 1. The van der Waals surface area contributed by atoms with E-state index in [0.717, 1.165) is 25.7 Å². The fourth-order valence-electron chi connectivity index (χ4n) is 1.97. The van der Waals surface area contributed by atoms with Crippen molar-refractivity contribution in [3.63, 3.8) is 0 Å². The molecule has 0 heterocycles. The maximum Gasteiger partial charge on any atom is 0.224 e. The summed E-state index contributed by atoms with van der Waals surface area (Å²) in [5, 5.41) is 17.2. The van der Waals surface area contributed by atoms with Crippen LogP contribution in [-0.2, 0) is 4.79 Å². The first-order valence-corrected chi connectivity index (χ1v) is 6.41. The molecule has 2 N–H and O–H groups in total. The van der Waals surface area contributed by atoms with Crippen LogP contribution in [0.15, 0.2) is 0 Å². The molecule has 0 bridgehead atoms. The Kier molecular flexibility index (Phi) is 9.62. The summed E-state index contributed by atoms with van der Waals surface area (Å²) in [5.74, 6) is 0.353. The van der Waals surface area contributed by atoms with Gasteiger partial charge in [0.1, 0.15) is 13.1 Å². The second-order valence-electron chi connectivity index (χ2n) is 4.34. The Bertz CT molecular complexity index is 294. The number of hydrogen-bond acceptors (Lipinski definition) is 4. The van der Waals surface area contributed by atoms with Gasteiger partial charge in [0.2, 0.25) is 5.91 Å². The van der Waals surface area contributed by atoms with Crippen molar-refractivity contribution in [2.24, 2.45) is 11.7 Å². The van der Waals surface area contributed by atoms with Crippen LogP contribution >= 0.6 is 0 Å². The third-order valence-corrected chi connectivity index (χ3v) is 2.91. The fourth-order valence-corrected chi connectivity index (χ4v) is 1.97. The van der Waals surface area contributed by atoms with Crippen LogP contribution in [0.2, 0.25) is 0 Å². The van der Waals surface area contributed by atoms with Crippen molar-refractivity contribution in [1.29, 1.82) is 10.5 Å². The molecule has 0 aromatic carbocycles. The molecule has 5 heteroatoms. The molecule has 1 amide bonds. The minimum Gasteiger partial charge on any atom is -0.330 e. The van der Waals surface area contributed by atoms with Gasteiger partial charge in [-0.15, -0.1) is 0 Å². The van der Waals surface area contributed by atoms with E-state index in [0.29, 0.717) is 18.9 Å². The lowest BCUT2D eigenvalue weighted by Crippen LogP contribution is -2.32. The summed E-state index contributed by atoms with van der Waals surface area (Å²) in [6, 6.07) is 3.81. The number of nitrogens with two attached hydrogens (primary N) is 1. The highest BCUT2D eigenvalue weighted by atomic mass is 16.2. The Balaban J connectivity index is 4.19. The van der Waals surface area contributed by atoms with E-state index in [1.54, 1.807) is 0 Å². The van der Waals surface area contributed by atoms with Crippen molar-refractivity contribution in [3.8, 4) is 12.1 Å². The number of amides is 1. The molecule has 0 aromatic rings. The Morgan fingerprint density at radius 1 is 1.22 bits per heavy atom. The largest absolute Gasteiger partial charge is 0.330 e. The summed E-state index contributed by atoms with van der Waals surface area (Å²) in [6.07, 6.45) is 4.27. The second-order valence-corrected chi connectivity index (χ2v) is 4.34. The predicted octanol–water partition coefficient (Wildman–Crippen LogP) is 1.41. The molecule has 0 fully saturated rings. The van der Waals surface area contributed by atoms with Crippen molar-refractivity contribution >= 4 is 5.91 Å². The molecule has 18 heavy (non-hydrogen) atoms. The standard InChI is InChI=1S/C13H22N4O/c1-2-3-12(6-7-14)4-5-13(18)17(10-8-15)11-9-16/h12H,2-7,10-11,14H2,1H3. The van der Waals surface area contributed by atoms with Gasteiger partial charge in [0.05, 0.1) is 12.1 Å². The predicted molar refractivity (Wildman–Crippen MR) is 69.1 cm³/mol. The second kappa shape index (κ2) is 10.6. The highest BCUT2D eigenvalue weighted by Gasteiger charge is 2.15. The zero-order valence-corrected chi connectivity index (χ0v) is 11.1. The topological polar surface area (TPSA) is 93.9 Å². The molecular formula is C13H22N4O. The van der Waals surface area contributed by atoms with E-state index in [9.17, 15) is 4.79 Å². The molecule has 0 spiro atoms. The summed E-state index contributed by atoms with van der Waals surface area (Å²) < 4.78 is 0. The molecule has 0 rings (SSSR count). The average Bonchev–Trinajstić information content (AvgIpc) is 2.36. The maximum atomic E-state index is 11.8. The monoisotopic (exact) mass is 250 g/mol. The van der Waals surface area contributed by atoms with Gasteiger partial charge in [-0.3, -0.25) is 4.79 Å².